The molecule has 1 fully saturated rings. The van der Waals surface area contributed by atoms with E-state index in [4.69, 9.17) is 22.1 Å². The quantitative estimate of drug-likeness (QED) is 0.869. The smallest absolute Gasteiger partial charge is 0.243 e. The Morgan fingerprint density at radius 3 is 2.64 bits per heavy atom. The van der Waals surface area contributed by atoms with Crippen LogP contribution in [0, 0.1) is 5.41 Å². The minimum absolute atomic E-state index is 0. The van der Waals surface area contributed by atoms with Crippen LogP contribution >= 0.6 is 35.3 Å². The van der Waals surface area contributed by atoms with E-state index < -0.39 is 5.54 Å². The summed E-state index contributed by atoms with van der Waals surface area (Å²) in [6, 6.07) is 3.78. The number of nitrogens with zero attached hydrogens (tertiary/aromatic N) is 1. The highest BCUT2D eigenvalue weighted by atomic mass is 35.5. The first-order chi connectivity index (χ1) is 9.72. The molecular formula is C15H24Cl2N2O2S. The second-order valence-electron chi connectivity index (χ2n) is 6.21. The molecule has 0 bridgehead atoms. The summed E-state index contributed by atoms with van der Waals surface area (Å²) in [5.74, 6) is -0.0343. The Balaban J connectivity index is 0.00000242. The normalized spacial score (nSPS) is 26.0. The van der Waals surface area contributed by atoms with Crippen LogP contribution in [0.25, 0.3) is 0 Å². The van der Waals surface area contributed by atoms with E-state index in [1.165, 1.54) is 11.3 Å². The lowest BCUT2D eigenvalue weighted by Crippen LogP contribution is -2.75. The number of hydrogen-bond donors (Lipinski definition) is 1. The van der Waals surface area contributed by atoms with Crippen LogP contribution in [0.5, 0.6) is 0 Å². The fourth-order valence-corrected chi connectivity index (χ4v) is 4.02. The first kappa shape index (κ1) is 19.7. The summed E-state index contributed by atoms with van der Waals surface area (Å²) < 4.78 is 6.40. The molecular weight excluding hydrogens is 343 g/mol. The number of carbonyl (C=O) groups is 1. The van der Waals surface area contributed by atoms with Crippen molar-refractivity contribution < 1.29 is 9.53 Å². The molecule has 2 N–H and O–H groups in total. The van der Waals surface area contributed by atoms with Crippen molar-refractivity contribution in [3.8, 4) is 0 Å². The Morgan fingerprint density at radius 2 is 2.18 bits per heavy atom. The van der Waals surface area contributed by atoms with Gasteiger partial charge in [-0.1, -0.05) is 25.4 Å². The lowest BCUT2D eigenvalue weighted by atomic mass is 9.54. The molecule has 2 unspecified atom stereocenters. The first-order valence-electron chi connectivity index (χ1n) is 7.12. The average molecular weight is 367 g/mol. The van der Waals surface area contributed by atoms with Crippen LogP contribution in [0.4, 0.5) is 0 Å². The van der Waals surface area contributed by atoms with Gasteiger partial charge in [0.15, 0.2) is 0 Å². The number of carbonyl (C=O) groups excluding carboxylic acids is 1. The Hall–Kier alpha value is -0.330. The molecule has 0 aromatic carbocycles. The number of hydrogen-bond acceptors (Lipinski definition) is 4. The van der Waals surface area contributed by atoms with Crippen molar-refractivity contribution in [1.82, 2.24) is 4.90 Å². The third kappa shape index (κ3) is 3.29. The fraction of sp³-hybridized carbons (Fsp3) is 0.667. The Kier molecular flexibility index (Phi) is 6.32. The Bertz CT molecular complexity index is 535. The van der Waals surface area contributed by atoms with Gasteiger partial charge in [0, 0.05) is 30.4 Å². The van der Waals surface area contributed by atoms with Crippen LogP contribution in [-0.2, 0) is 16.1 Å². The van der Waals surface area contributed by atoms with E-state index in [2.05, 4.69) is 0 Å². The van der Waals surface area contributed by atoms with E-state index in [0.29, 0.717) is 19.6 Å². The van der Waals surface area contributed by atoms with Crippen LogP contribution in [0.1, 0.15) is 32.1 Å². The summed E-state index contributed by atoms with van der Waals surface area (Å²) in [7, 11) is 1.79. The SMILES string of the molecule is CCOC1CC(N)(C(=O)N(C)Cc2ccc(Cl)s2)C1(C)C.Cl. The van der Waals surface area contributed by atoms with Gasteiger partial charge in [0.1, 0.15) is 5.54 Å². The number of nitrogens with two attached hydrogens (primary N) is 1. The summed E-state index contributed by atoms with van der Waals surface area (Å²) in [5, 5.41) is 0. The molecule has 1 saturated carbocycles. The molecule has 1 aromatic rings. The Morgan fingerprint density at radius 1 is 1.55 bits per heavy atom. The van der Waals surface area contributed by atoms with Crippen molar-refractivity contribution in [2.75, 3.05) is 13.7 Å². The second-order valence-corrected chi connectivity index (χ2v) is 8.01. The van der Waals surface area contributed by atoms with E-state index in [9.17, 15) is 4.79 Å². The number of thiophene rings is 1. The molecule has 2 rings (SSSR count). The minimum Gasteiger partial charge on any atom is -0.378 e. The summed E-state index contributed by atoms with van der Waals surface area (Å²) >= 11 is 7.41. The van der Waals surface area contributed by atoms with Crippen molar-refractivity contribution in [2.45, 2.75) is 45.4 Å². The lowest BCUT2D eigenvalue weighted by molar-refractivity contribution is -0.178. The van der Waals surface area contributed by atoms with Gasteiger partial charge >= 0.3 is 0 Å². The summed E-state index contributed by atoms with van der Waals surface area (Å²) in [6.45, 7) is 7.14. The van der Waals surface area contributed by atoms with Gasteiger partial charge in [-0.05, 0) is 19.1 Å². The molecule has 0 radical (unpaired) electrons. The van der Waals surface area contributed by atoms with E-state index in [0.717, 1.165) is 9.21 Å². The molecule has 22 heavy (non-hydrogen) atoms. The van der Waals surface area contributed by atoms with Crippen LogP contribution < -0.4 is 5.73 Å². The molecule has 7 heteroatoms. The summed E-state index contributed by atoms with van der Waals surface area (Å²) in [5.41, 5.74) is 5.19. The molecule has 4 nitrogen and oxygen atoms in total. The summed E-state index contributed by atoms with van der Waals surface area (Å²) in [6.07, 6.45) is 0.614. The van der Waals surface area contributed by atoms with Crippen LogP contribution in [-0.4, -0.2) is 36.1 Å². The molecule has 126 valence electrons. The highest BCUT2D eigenvalue weighted by Crippen LogP contribution is 2.50. The third-order valence-corrected chi connectivity index (χ3v) is 5.80. The topological polar surface area (TPSA) is 55.6 Å². The van der Waals surface area contributed by atoms with Gasteiger partial charge in [0.25, 0.3) is 0 Å². The standard InChI is InChI=1S/C15H23ClN2O2S.ClH/c1-5-20-11-8-15(17,14(11,2)3)13(19)18(4)9-10-6-7-12(16)21-10;/h6-7,11H,5,8-9,17H2,1-4H3;1H. The number of halogens is 2. The largest absolute Gasteiger partial charge is 0.378 e. The average Bonchev–Trinajstić information content (AvgIpc) is 2.82. The van der Waals surface area contributed by atoms with Gasteiger partial charge < -0.3 is 15.4 Å². The van der Waals surface area contributed by atoms with Gasteiger partial charge in [-0.15, -0.1) is 23.7 Å². The molecule has 0 saturated heterocycles. The van der Waals surface area contributed by atoms with Crippen LogP contribution in [0.2, 0.25) is 4.34 Å². The van der Waals surface area contributed by atoms with Crippen molar-refractivity contribution in [2.24, 2.45) is 11.1 Å². The number of rotatable bonds is 5. The molecule has 1 heterocycles. The molecule has 1 amide bonds. The Labute approximate surface area is 147 Å². The monoisotopic (exact) mass is 366 g/mol. The maximum atomic E-state index is 12.7. The second kappa shape index (κ2) is 7.05. The van der Waals surface area contributed by atoms with E-state index in [1.54, 1.807) is 11.9 Å². The predicted molar refractivity (Wildman–Crippen MR) is 93.8 cm³/mol. The maximum absolute atomic E-state index is 12.7. The molecule has 1 aromatic heterocycles. The highest BCUT2D eigenvalue weighted by Gasteiger charge is 2.63. The number of amides is 1. The minimum atomic E-state index is -0.858. The molecule has 1 aliphatic carbocycles. The first-order valence-corrected chi connectivity index (χ1v) is 8.32. The van der Waals surface area contributed by atoms with Crippen LogP contribution in [0.15, 0.2) is 12.1 Å². The van der Waals surface area contributed by atoms with Gasteiger partial charge in [0.2, 0.25) is 5.91 Å². The number of likely N-dealkylation sites (N-methyl/N-ethyl adjacent to an activating group) is 1. The molecule has 0 spiro atoms. The van der Waals surface area contributed by atoms with Gasteiger partial charge in [0.05, 0.1) is 17.0 Å². The summed E-state index contributed by atoms with van der Waals surface area (Å²) in [4.78, 5) is 15.5. The predicted octanol–water partition coefficient (Wildman–Crippen LogP) is 3.31. The third-order valence-electron chi connectivity index (χ3n) is 4.58. The van der Waals surface area contributed by atoms with E-state index >= 15 is 0 Å². The molecule has 0 aliphatic heterocycles. The van der Waals surface area contributed by atoms with Crippen molar-refractivity contribution in [3.05, 3.63) is 21.3 Å². The van der Waals surface area contributed by atoms with E-state index in [1.807, 2.05) is 32.9 Å². The number of ether oxygens (including phenoxy) is 1. The van der Waals surface area contributed by atoms with Crippen molar-refractivity contribution in [1.29, 1.82) is 0 Å². The van der Waals surface area contributed by atoms with Crippen molar-refractivity contribution >= 4 is 41.3 Å². The van der Waals surface area contributed by atoms with Gasteiger partial charge in [-0.25, -0.2) is 0 Å². The zero-order chi connectivity index (χ0) is 15.8. The molecule has 1 aliphatic rings. The van der Waals surface area contributed by atoms with E-state index in [-0.39, 0.29) is 29.8 Å². The van der Waals surface area contributed by atoms with Gasteiger partial charge in [-0.3, -0.25) is 4.79 Å². The molecule has 2 atom stereocenters. The maximum Gasteiger partial charge on any atom is 0.243 e. The zero-order valence-electron chi connectivity index (χ0n) is 13.4. The highest BCUT2D eigenvalue weighted by molar-refractivity contribution is 7.16. The zero-order valence-corrected chi connectivity index (χ0v) is 15.8. The van der Waals surface area contributed by atoms with Crippen molar-refractivity contribution in [3.63, 3.8) is 0 Å². The van der Waals surface area contributed by atoms with Crippen LogP contribution in [0.3, 0.4) is 0 Å². The fourth-order valence-electron chi connectivity index (χ4n) is 2.88. The lowest BCUT2D eigenvalue weighted by Gasteiger charge is -2.58. The van der Waals surface area contributed by atoms with Gasteiger partial charge in [-0.2, -0.15) is 0 Å².